The van der Waals surface area contributed by atoms with Gasteiger partial charge in [0.25, 0.3) is 0 Å². The predicted molar refractivity (Wildman–Crippen MR) is 109 cm³/mol. The topological polar surface area (TPSA) is 40.5 Å². The molecule has 0 aliphatic heterocycles. The number of phenolic OH excluding ortho intramolecular Hbond substituents is 2. The third-order valence-electron chi connectivity index (χ3n) is 5.35. The van der Waals surface area contributed by atoms with E-state index in [1.54, 1.807) is 12.1 Å². The van der Waals surface area contributed by atoms with Crippen LogP contribution < -0.4 is 0 Å². The molecule has 1 aliphatic rings. The largest absolute Gasteiger partial charge is 0.508 e. The van der Waals surface area contributed by atoms with Crippen molar-refractivity contribution in [1.82, 2.24) is 0 Å². The maximum atomic E-state index is 10.3. The van der Waals surface area contributed by atoms with Crippen LogP contribution in [0.3, 0.4) is 0 Å². The van der Waals surface area contributed by atoms with Crippen LogP contribution in [0, 0.1) is 0 Å². The molecule has 26 heavy (non-hydrogen) atoms. The lowest BCUT2D eigenvalue weighted by Gasteiger charge is -2.20. The van der Waals surface area contributed by atoms with E-state index >= 15 is 0 Å². The number of hydrogen-bond acceptors (Lipinski definition) is 2. The minimum Gasteiger partial charge on any atom is -0.508 e. The third kappa shape index (κ3) is 4.01. The summed E-state index contributed by atoms with van der Waals surface area (Å²) in [7, 11) is 0. The van der Waals surface area contributed by atoms with Gasteiger partial charge in [-0.25, -0.2) is 0 Å². The fraction of sp³-hybridized carbons (Fsp3) is 0.333. The van der Waals surface area contributed by atoms with Gasteiger partial charge < -0.3 is 10.2 Å². The Kier molecular flexibility index (Phi) is 5.82. The fourth-order valence-electron chi connectivity index (χ4n) is 3.79. The fourth-order valence-corrected chi connectivity index (χ4v) is 3.79. The first-order valence-corrected chi connectivity index (χ1v) is 9.63. The Hall–Kier alpha value is -2.48. The van der Waals surface area contributed by atoms with E-state index in [0.29, 0.717) is 23.3 Å². The van der Waals surface area contributed by atoms with Gasteiger partial charge in [-0.1, -0.05) is 56.7 Å². The molecule has 0 aromatic heterocycles. The van der Waals surface area contributed by atoms with Crippen LogP contribution in [0.5, 0.6) is 11.5 Å². The number of aromatic hydroxyl groups is 2. The lowest BCUT2D eigenvalue weighted by atomic mass is 9.86. The second-order valence-corrected chi connectivity index (χ2v) is 7.12. The van der Waals surface area contributed by atoms with Gasteiger partial charge in [0, 0.05) is 5.92 Å². The quantitative estimate of drug-likeness (QED) is 0.624. The van der Waals surface area contributed by atoms with Crippen LogP contribution in [0.1, 0.15) is 68.1 Å². The predicted octanol–water partition coefficient (Wildman–Crippen LogP) is 6.52. The summed E-state index contributed by atoms with van der Waals surface area (Å²) in [5.74, 6) is 1.48. The summed E-state index contributed by atoms with van der Waals surface area (Å²) in [5.41, 5.74) is 4.68. The summed E-state index contributed by atoms with van der Waals surface area (Å²) < 4.78 is 0. The van der Waals surface area contributed by atoms with Crippen LogP contribution in [0.2, 0.25) is 0 Å². The molecular formula is C24H28O2. The molecular weight excluding hydrogens is 320 g/mol. The summed E-state index contributed by atoms with van der Waals surface area (Å²) in [6.45, 7) is 4.38. The maximum Gasteiger partial charge on any atom is 0.119 e. The smallest absolute Gasteiger partial charge is 0.119 e. The van der Waals surface area contributed by atoms with E-state index in [9.17, 15) is 10.2 Å². The summed E-state index contributed by atoms with van der Waals surface area (Å²) in [4.78, 5) is 0. The molecule has 0 spiro atoms. The molecule has 0 amide bonds. The van der Waals surface area contributed by atoms with Crippen LogP contribution >= 0.6 is 0 Å². The van der Waals surface area contributed by atoms with E-state index in [1.807, 2.05) is 24.3 Å². The zero-order valence-electron chi connectivity index (χ0n) is 15.7. The van der Waals surface area contributed by atoms with Crippen molar-refractivity contribution in [2.45, 2.75) is 51.4 Å². The molecule has 0 bridgehead atoms. The Labute approximate surface area is 156 Å². The molecule has 0 heterocycles. The van der Waals surface area contributed by atoms with Gasteiger partial charge in [0.15, 0.2) is 0 Å². The van der Waals surface area contributed by atoms with Crippen molar-refractivity contribution in [2.24, 2.45) is 0 Å². The number of rotatable bonds is 6. The highest BCUT2D eigenvalue weighted by Gasteiger charge is 2.16. The van der Waals surface area contributed by atoms with E-state index in [2.05, 4.69) is 38.1 Å². The highest BCUT2D eigenvalue weighted by molar-refractivity contribution is 5.76. The highest BCUT2D eigenvalue weighted by Crippen LogP contribution is 2.36. The average molecular weight is 348 g/mol. The lowest BCUT2D eigenvalue weighted by Crippen LogP contribution is -2.01. The van der Waals surface area contributed by atoms with Gasteiger partial charge in [0.05, 0.1) is 0 Å². The molecule has 0 fully saturated rings. The Balaban J connectivity index is 1.80. The van der Waals surface area contributed by atoms with E-state index in [4.69, 9.17) is 0 Å². The second kappa shape index (κ2) is 8.27. The maximum absolute atomic E-state index is 10.3. The van der Waals surface area contributed by atoms with E-state index in [-0.39, 0.29) is 0 Å². The third-order valence-corrected chi connectivity index (χ3v) is 5.35. The SMILES string of the molecule is CCCC(CC)c1cc(C2=CCC(c3ccc(O)cc3)C=C2)ccc1O. The van der Waals surface area contributed by atoms with Gasteiger partial charge in [0.2, 0.25) is 0 Å². The first kappa shape index (κ1) is 18.3. The molecule has 0 saturated carbocycles. The van der Waals surface area contributed by atoms with Gasteiger partial charge in [-0.3, -0.25) is 0 Å². The van der Waals surface area contributed by atoms with Gasteiger partial charge in [-0.2, -0.15) is 0 Å². The minimum atomic E-state index is 0.305. The molecule has 2 unspecified atom stereocenters. The van der Waals surface area contributed by atoms with Gasteiger partial charge in [-0.05, 0) is 71.7 Å². The molecule has 0 saturated heterocycles. The zero-order valence-corrected chi connectivity index (χ0v) is 15.7. The van der Waals surface area contributed by atoms with Crippen molar-refractivity contribution in [3.63, 3.8) is 0 Å². The first-order chi connectivity index (χ1) is 12.6. The summed E-state index contributed by atoms with van der Waals surface area (Å²) in [6.07, 6.45) is 10.9. The number of allylic oxidation sites excluding steroid dienone is 4. The summed E-state index contributed by atoms with van der Waals surface area (Å²) in [5, 5.41) is 19.8. The monoisotopic (exact) mass is 348 g/mol. The molecule has 3 rings (SSSR count). The minimum absolute atomic E-state index is 0.305. The first-order valence-electron chi connectivity index (χ1n) is 9.63. The number of phenols is 2. The highest BCUT2D eigenvalue weighted by atomic mass is 16.3. The molecule has 0 radical (unpaired) electrons. The molecule has 2 aromatic carbocycles. The molecule has 2 aromatic rings. The molecule has 1 aliphatic carbocycles. The Morgan fingerprint density at radius 3 is 2.42 bits per heavy atom. The number of hydrogen-bond donors (Lipinski definition) is 2. The van der Waals surface area contributed by atoms with Crippen molar-refractivity contribution in [1.29, 1.82) is 0 Å². The average Bonchev–Trinajstić information content (AvgIpc) is 2.67. The Morgan fingerprint density at radius 2 is 1.81 bits per heavy atom. The molecule has 2 heteroatoms. The molecule has 136 valence electrons. The van der Waals surface area contributed by atoms with Gasteiger partial charge in [0.1, 0.15) is 11.5 Å². The summed E-state index contributed by atoms with van der Waals surface area (Å²) in [6, 6.07) is 13.5. The van der Waals surface area contributed by atoms with Crippen LogP contribution in [0.15, 0.2) is 60.7 Å². The van der Waals surface area contributed by atoms with Crippen molar-refractivity contribution in [2.75, 3.05) is 0 Å². The second-order valence-electron chi connectivity index (χ2n) is 7.12. The van der Waals surface area contributed by atoms with Crippen molar-refractivity contribution < 1.29 is 10.2 Å². The van der Waals surface area contributed by atoms with Crippen LogP contribution in [-0.2, 0) is 0 Å². The molecule has 2 N–H and O–H groups in total. The Morgan fingerprint density at radius 1 is 1.04 bits per heavy atom. The number of benzene rings is 2. The van der Waals surface area contributed by atoms with Crippen molar-refractivity contribution in [3.05, 3.63) is 77.4 Å². The van der Waals surface area contributed by atoms with Crippen molar-refractivity contribution >= 4 is 5.57 Å². The van der Waals surface area contributed by atoms with Crippen LogP contribution in [0.4, 0.5) is 0 Å². The van der Waals surface area contributed by atoms with Gasteiger partial charge in [-0.15, -0.1) is 0 Å². The summed E-state index contributed by atoms with van der Waals surface area (Å²) >= 11 is 0. The van der Waals surface area contributed by atoms with Gasteiger partial charge >= 0.3 is 0 Å². The van der Waals surface area contributed by atoms with Crippen LogP contribution in [0.25, 0.3) is 5.57 Å². The Bertz CT molecular complexity index is 799. The van der Waals surface area contributed by atoms with Crippen LogP contribution in [-0.4, -0.2) is 10.2 Å². The molecule has 2 nitrogen and oxygen atoms in total. The normalized spacial score (nSPS) is 17.8. The zero-order chi connectivity index (χ0) is 18.5. The molecule has 2 atom stereocenters. The van der Waals surface area contributed by atoms with Crippen molar-refractivity contribution in [3.8, 4) is 11.5 Å². The lowest BCUT2D eigenvalue weighted by molar-refractivity contribution is 0.454. The van der Waals surface area contributed by atoms with E-state index < -0.39 is 0 Å². The van der Waals surface area contributed by atoms with E-state index in [0.717, 1.165) is 31.2 Å². The standard InChI is InChI=1S/C24H28O2/c1-3-5-17(4-2)23-16-21(12-15-24(23)26)20-8-6-18(7-9-20)19-10-13-22(25)14-11-19/h6,8-18,25-26H,3-5,7H2,1-2H3. The van der Waals surface area contributed by atoms with E-state index in [1.165, 1.54) is 16.7 Å².